The number of allylic oxidation sites excluding steroid dienone is 1. The summed E-state index contributed by atoms with van der Waals surface area (Å²) in [6.07, 6.45) is 1.99. The van der Waals surface area contributed by atoms with Crippen LogP contribution in [0.2, 0.25) is 0 Å². The number of carbonyl (C=O) groups is 1. The predicted octanol–water partition coefficient (Wildman–Crippen LogP) is 11.4. The molecule has 6 aromatic carbocycles. The lowest BCUT2D eigenvalue weighted by molar-refractivity contribution is 0.100. The first-order valence-corrected chi connectivity index (χ1v) is 18.6. The molecule has 1 heterocycles. The molecule has 9 heteroatoms. The third-order valence-corrected chi connectivity index (χ3v) is 10.1. The van der Waals surface area contributed by atoms with E-state index >= 15 is 0 Å². The van der Waals surface area contributed by atoms with Gasteiger partial charge in [-0.15, -0.1) is 0 Å². The Bertz CT molecular complexity index is 2540. The first-order chi connectivity index (χ1) is 28.3. The zero-order valence-corrected chi connectivity index (χ0v) is 32.5. The molecule has 0 bridgehead atoms. The number of Topliss-reactive ketones (excluding diaryl/α,β-unsaturated/α-hetero) is 1. The molecule has 0 spiro atoms. The molecule has 0 fully saturated rings. The number of ether oxygens (including phenoxy) is 4. The van der Waals surface area contributed by atoms with Crippen molar-refractivity contribution < 1.29 is 28.2 Å². The Kier molecular flexibility index (Phi) is 10.5. The van der Waals surface area contributed by atoms with Crippen molar-refractivity contribution >= 4 is 51.6 Å². The topological polar surface area (TPSA) is 90.7 Å². The Hall–Kier alpha value is -7.52. The molecule has 1 aliphatic rings. The SMILES string of the molecule is COc1ccc(N(c2ccc(/C=C3\CC(=O)c4cc(-c5ccc(N(c6ccc(OC)cc6)c6ccc(OC)cc6)cc5)oc(=O)c43)cc2)c2ccc(OC)cc2)cc1. The standard InChI is InChI=1S/C49H40N2O7/c1-54-41-21-13-37(14-22-41)50(38-15-23-42(55-2)24-16-38)35-9-5-32(6-10-35)29-34-30-46(52)45-31-47(58-49(53)48(34)45)33-7-11-36(12-8-33)51(39-17-25-43(56-3)26-18-39)40-19-27-44(57-4)28-20-40/h5-29,31H,30H2,1-4H3/b34-29+. The highest BCUT2D eigenvalue weighted by Crippen LogP contribution is 2.40. The number of hydrogen-bond acceptors (Lipinski definition) is 9. The van der Waals surface area contributed by atoms with Crippen LogP contribution in [-0.2, 0) is 0 Å². The number of nitrogens with zero attached hydrogens (tertiary/aromatic N) is 2. The molecule has 1 aliphatic carbocycles. The highest BCUT2D eigenvalue weighted by molar-refractivity contribution is 6.14. The third-order valence-electron chi connectivity index (χ3n) is 10.1. The van der Waals surface area contributed by atoms with Crippen LogP contribution in [0.5, 0.6) is 23.0 Å². The van der Waals surface area contributed by atoms with Gasteiger partial charge in [-0.1, -0.05) is 18.2 Å². The van der Waals surface area contributed by atoms with Crippen LogP contribution in [-0.4, -0.2) is 34.2 Å². The van der Waals surface area contributed by atoms with Crippen LogP contribution in [0.4, 0.5) is 34.1 Å². The number of fused-ring (bicyclic) bond motifs is 1. The van der Waals surface area contributed by atoms with Crippen LogP contribution < -0.4 is 34.4 Å². The molecule has 0 unspecified atom stereocenters. The summed E-state index contributed by atoms with van der Waals surface area (Å²) in [4.78, 5) is 31.3. The van der Waals surface area contributed by atoms with Crippen LogP contribution in [0.3, 0.4) is 0 Å². The molecule has 58 heavy (non-hydrogen) atoms. The molecule has 0 saturated carbocycles. The molecular formula is C49H40N2O7. The Labute approximate surface area is 336 Å². The molecule has 7 aromatic rings. The van der Waals surface area contributed by atoms with Crippen molar-refractivity contribution in [3.05, 3.63) is 179 Å². The maximum Gasteiger partial charge on any atom is 0.344 e. The van der Waals surface area contributed by atoms with Gasteiger partial charge < -0.3 is 33.2 Å². The van der Waals surface area contributed by atoms with Crippen LogP contribution in [0.1, 0.15) is 27.9 Å². The molecule has 0 radical (unpaired) electrons. The summed E-state index contributed by atoms with van der Waals surface area (Å²) in [5.41, 5.74) is 7.81. The summed E-state index contributed by atoms with van der Waals surface area (Å²) in [7, 11) is 6.56. The first-order valence-electron chi connectivity index (χ1n) is 18.6. The average Bonchev–Trinajstić information content (AvgIpc) is 3.60. The second kappa shape index (κ2) is 16.3. The molecule has 0 atom stereocenters. The van der Waals surface area contributed by atoms with E-state index in [-0.39, 0.29) is 12.2 Å². The van der Waals surface area contributed by atoms with Crippen LogP contribution in [0.15, 0.2) is 161 Å². The van der Waals surface area contributed by atoms with E-state index in [1.807, 2.05) is 152 Å². The second-order valence-corrected chi connectivity index (χ2v) is 13.6. The van der Waals surface area contributed by atoms with E-state index in [1.54, 1.807) is 34.5 Å². The van der Waals surface area contributed by atoms with Gasteiger partial charge in [-0.05, 0) is 151 Å². The van der Waals surface area contributed by atoms with Gasteiger partial charge in [0.1, 0.15) is 28.8 Å². The smallest absolute Gasteiger partial charge is 0.344 e. The minimum Gasteiger partial charge on any atom is -0.497 e. The van der Waals surface area contributed by atoms with Crippen molar-refractivity contribution in [2.45, 2.75) is 6.42 Å². The largest absolute Gasteiger partial charge is 0.497 e. The van der Waals surface area contributed by atoms with Crippen molar-refractivity contribution in [1.29, 1.82) is 0 Å². The van der Waals surface area contributed by atoms with E-state index in [0.29, 0.717) is 28.0 Å². The minimum absolute atomic E-state index is 0.104. The normalized spacial score (nSPS) is 12.6. The van der Waals surface area contributed by atoms with Gasteiger partial charge in [0.05, 0.1) is 34.0 Å². The van der Waals surface area contributed by atoms with E-state index in [4.69, 9.17) is 23.4 Å². The van der Waals surface area contributed by atoms with E-state index in [0.717, 1.165) is 62.7 Å². The third kappa shape index (κ3) is 7.53. The zero-order valence-electron chi connectivity index (χ0n) is 32.5. The molecule has 0 N–H and O–H groups in total. The lowest BCUT2D eigenvalue weighted by atomic mass is 10.0. The van der Waals surface area contributed by atoms with Gasteiger partial charge in [0, 0.05) is 51.7 Å². The quantitative estimate of drug-likeness (QED) is 0.120. The number of benzene rings is 6. The molecule has 9 nitrogen and oxygen atoms in total. The van der Waals surface area contributed by atoms with E-state index in [2.05, 4.69) is 9.80 Å². The summed E-state index contributed by atoms with van der Waals surface area (Å²) < 4.78 is 27.5. The number of ketones is 1. The van der Waals surface area contributed by atoms with Crippen LogP contribution >= 0.6 is 0 Å². The van der Waals surface area contributed by atoms with E-state index in [9.17, 15) is 9.59 Å². The number of carbonyl (C=O) groups excluding carboxylic acids is 1. The molecule has 8 rings (SSSR count). The fourth-order valence-corrected chi connectivity index (χ4v) is 7.15. The highest BCUT2D eigenvalue weighted by Gasteiger charge is 2.29. The Morgan fingerprint density at radius 1 is 0.483 bits per heavy atom. The van der Waals surface area contributed by atoms with Gasteiger partial charge in [0.25, 0.3) is 0 Å². The fourth-order valence-electron chi connectivity index (χ4n) is 7.15. The second-order valence-electron chi connectivity index (χ2n) is 13.6. The first kappa shape index (κ1) is 37.4. The number of hydrogen-bond donors (Lipinski definition) is 0. The van der Waals surface area contributed by atoms with Gasteiger partial charge in [-0.2, -0.15) is 0 Å². The van der Waals surface area contributed by atoms with Crippen LogP contribution in [0, 0.1) is 0 Å². The van der Waals surface area contributed by atoms with Gasteiger partial charge in [-0.3, -0.25) is 4.79 Å². The number of rotatable bonds is 12. The van der Waals surface area contributed by atoms with Crippen molar-refractivity contribution in [3.63, 3.8) is 0 Å². The van der Waals surface area contributed by atoms with Crippen molar-refractivity contribution in [2.24, 2.45) is 0 Å². The van der Waals surface area contributed by atoms with Crippen LogP contribution in [0.25, 0.3) is 23.0 Å². The van der Waals surface area contributed by atoms with E-state index in [1.165, 1.54) is 0 Å². The number of methoxy groups -OCH3 is 4. The Morgan fingerprint density at radius 3 is 1.19 bits per heavy atom. The summed E-state index contributed by atoms with van der Waals surface area (Å²) in [6, 6.07) is 48.6. The summed E-state index contributed by atoms with van der Waals surface area (Å²) in [5, 5.41) is 0. The zero-order chi connectivity index (χ0) is 40.2. The monoisotopic (exact) mass is 768 g/mol. The lowest BCUT2D eigenvalue weighted by Crippen LogP contribution is -2.10. The molecule has 0 amide bonds. The Balaban J connectivity index is 1.07. The van der Waals surface area contributed by atoms with E-state index < -0.39 is 5.63 Å². The highest BCUT2D eigenvalue weighted by atomic mass is 16.5. The summed E-state index contributed by atoms with van der Waals surface area (Å²) in [5.74, 6) is 3.23. The van der Waals surface area contributed by atoms with Gasteiger partial charge in [-0.25, -0.2) is 4.79 Å². The Morgan fingerprint density at radius 2 is 0.828 bits per heavy atom. The number of anilines is 6. The summed E-state index contributed by atoms with van der Waals surface area (Å²) in [6.45, 7) is 0. The molecule has 0 saturated heterocycles. The van der Waals surface area contributed by atoms with Gasteiger partial charge in [0.15, 0.2) is 5.78 Å². The summed E-state index contributed by atoms with van der Waals surface area (Å²) >= 11 is 0. The fraction of sp³-hybridized carbons (Fsp3) is 0.102. The predicted molar refractivity (Wildman–Crippen MR) is 229 cm³/mol. The maximum atomic E-state index is 13.6. The van der Waals surface area contributed by atoms with Gasteiger partial charge >= 0.3 is 5.63 Å². The lowest BCUT2D eigenvalue weighted by Gasteiger charge is -2.26. The molecule has 1 aromatic heterocycles. The van der Waals surface area contributed by atoms with Gasteiger partial charge in [0.2, 0.25) is 0 Å². The van der Waals surface area contributed by atoms with Crippen molar-refractivity contribution in [2.75, 3.05) is 38.2 Å². The molecule has 0 aliphatic heterocycles. The molecular weight excluding hydrogens is 729 g/mol. The van der Waals surface area contributed by atoms with Crippen molar-refractivity contribution in [1.82, 2.24) is 0 Å². The maximum absolute atomic E-state index is 13.6. The van der Waals surface area contributed by atoms with Crippen molar-refractivity contribution in [3.8, 4) is 34.3 Å². The average molecular weight is 769 g/mol. The minimum atomic E-state index is -0.548. The molecule has 288 valence electrons.